The van der Waals surface area contributed by atoms with E-state index in [9.17, 15) is 9.59 Å². The van der Waals surface area contributed by atoms with Gasteiger partial charge in [-0.25, -0.2) is 0 Å². The molecule has 0 aromatic heterocycles. The molecule has 2 amide bonds. The number of ether oxygens (including phenoxy) is 2. The van der Waals surface area contributed by atoms with Crippen molar-refractivity contribution in [1.29, 1.82) is 0 Å². The molecular formula is C21H24N2O4. The third-order valence-electron chi connectivity index (χ3n) is 3.94. The molecule has 2 aromatic rings. The smallest absolute Gasteiger partial charge is 0.244 e. The normalized spacial score (nSPS) is 11.7. The summed E-state index contributed by atoms with van der Waals surface area (Å²) in [7, 11) is 3.18. The molecule has 0 bridgehead atoms. The fourth-order valence-corrected chi connectivity index (χ4v) is 2.40. The molecule has 0 aliphatic carbocycles. The summed E-state index contributed by atoms with van der Waals surface area (Å²) < 4.78 is 10.3. The second-order valence-corrected chi connectivity index (χ2v) is 5.87. The fraction of sp³-hybridized carbons (Fsp3) is 0.238. The molecule has 0 saturated heterocycles. The van der Waals surface area contributed by atoms with E-state index in [2.05, 4.69) is 10.6 Å². The van der Waals surface area contributed by atoms with E-state index >= 15 is 0 Å². The molecule has 2 rings (SSSR count). The predicted octanol–water partition coefficient (Wildman–Crippen LogP) is 2.54. The summed E-state index contributed by atoms with van der Waals surface area (Å²) in [6, 6.07) is 14.1. The van der Waals surface area contributed by atoms with E-state index in [1.165, 1.54) is 6.08 Å². The number of rotatable bonds is 8. The zero-order valence-corrected chi connectivity index (χ0v) is 15.7. The van der Waals surface area contributed by atoms with Gasteiger partial charge >= 0.3 is 0 Å². The van der Waals surface area contributed by atoms with Crippen LogP contribution in [0.4, 0.5) is 0 Å². The minimum absolute atomic E-state index is 0.271. The zero-order chi connectivity index (χ0) is 19.6. The lowest BCUT2D eigenvalue weighted by Gasteiger charge is -2.14. The van der Waals surface area contributed by atoms with Crippen molar-refractivity contribution in [3.05, 3.63) is 65.7 Å². The van der Waals surface area contributed by atoms with Crippen molar-refractivity contribution in [3.8, 4) is 11.5 Å². The monoisotopic (exact) mass is 368 g/mol. The second kappa shape index (κ2) is 10.0. The molecule has 0 aliphatic rings. The van der Waals surface area contributed by atoms with Gasteiger partial charge in [0.1, 0.15) is 17.5 Å². The number of methoxy groups -OCH3 is 2. The predicted molar refractivity (Wildman–Crippen MR) is 104 cm³/mol. The number of carbonyl (C=O) groups is 2. The molecule has 2 aromatic carbocycles. The van der Waals surface area contributed by atoms with Crippen molar-refractivity contribution in [3.63, 3.8) is 0 Å². The van der Waals surface area contributed by atoms with Crippen LogP contribution >= 0.6 is 0 Å². The first kappa shape index (κ1) is 20.0. The summed E-state index contributed by atoms with van der Waals surface area (Å²) in [5, 5.41) is 5.44. The van der Waals surface area contributed by atoms with Gasteiger partial charge in [0.05, 0.1) is 14.2 Å². The maximum absolute atomic E-state index is 12.2. The van der Waals surface area contributed by atoms with Gasteiger partial charge in [0.2, 0.25) is 11.8 Å². The number of carbonyl (C=O) groups excluding carboxylic acids is 2. The first-order valence-electron chi connectivity index (χ1n) is 8.55. The number of nitrogens with one attached hydrogen (secondary N) is 2. The van der Waals surface area contributed by atoms with Crippen LogP contribution in [0.25, 0.3) is 6.08 Å². The molecule has 1 unspecified atom stereocenters. The van der Waals surface area contributed by atoms with E-state index in [0.717, 1.165) is 16.9 Å². The Morgan fingerprint density at radius 2 is 1.74 bits per heavy atom. The number of para-hydroxylation sites is 1. The van der Waals surface area contributed by atoms with Gasteiger partial charge in [0, 0.05) is 18.2 Å². The summed E-state index contributed by atoms with van der Waals surface area (Å²) in [4.78, 5) is 24.2. The average Bonchev–Trinajstić information content (AvgIpc) is 2.70. The molecule has 2 N–H and O–H groups in total. The average molecular weight is 368 g/mol. The summed E-state index contributed by atoms with van der Waals surface area (Å²) in [6.45, 7) is 1.96. The quantitative estimate of drug-likeness (QED) is 0.702. The van der Waals surface area contributed by atoms with E-state index in [4.69, 9.17) is 9.47 Å². The largest absolute Gasteiger partial charge is 0.497 e. The van der Waals surface area contributed by atoms with Crippen LogP contribution in [0, 0.1) is 0 Å². The van der Waals surface area contributed by atoms with Gasteiger partial charge in [-0.1, -0.05) is 30.3 Å². The van der Waals surface area contributed by atoms with Gasteiger partial charge in [-0.2, -0.15) is 0 Å². The van der Waals surface area contributed by atoms with Crippen LogP contribution in [0.3, 0.4) is 0 Å². The second-order valence-electron chi connectivity index (χ2n) is 5.87. The maximum Gasteiger partial charge on any atom is 0.244 e. The van der Waals surface area contributed by atoms with Crippen molar-refractivity contribution in [1.82, 2.24) is 10.6 Å². The van der Waals surface area contributed by atoms with Crippen LogP contribution < -0.4 is 20.1 Å². The molecule has 0 aliphatic heterocycles. The third kappa shape index (κ3) is 6.18. The first-order valence-corrected chi connectivity index (χ1v) is 8.55. The molecule has 0 spiro atoms. The Morgan fingerprint density at radius 3 is 2.41 bits per heavy atom. The number of hydrogen-bond donors (Lipinski definition) is 2. The van der Waals surface area contributed by atoms with E-state index in [1.54, 1.807) is 27.2 Å². The summed E-state index contributed by atoms with van der Waals surface area (Å²) >= 11 is 0. The zero-order valence-electron chi connectivity index (χ0n) is 15.7. The van der Waals surface area contributed by atoms with Crippen molar-refractivity contribution >= 4 is 17.9 Å². The van der Waals surface area contributed by atoms with Crippen molar-refractivity contribution in [2.75, 3.05) is 14.2 Å². The standard InChI is InChI=1S/C21H24N2O4/c1-15(21(25)22-14-17-6-4-5-7-19(17)27-3)23-20(24)13-10-16-8-11-18(26-2)12-9-16/h4-13,15H,14H2,1-3H3,(H,22,25)(H,23,24)/b13-10+. The van der Waals surface area contributed by atoms with Crippen molar-refractivity contribution < 1.29 is 19.1 Å². The molecule has 142 valence electrons. The summed E-state index contributed by atoms with van der Waals surface area (Å²) in [6.07, 6.45) is 3.07. The highest BCUT2D eigenvalue weighted by molar-refractivity contribution is 5.95. The van der Waals surface area contributed by atoms with Crippen LogP contribution in [0.5, 0.6) is 11.5 Å². The van der Waals surface area contributed by atoms with Gasteiger partial charge in [-0.15, -0.1) is 0 Å². The highest BCUT2D eigenvalue weighted by atomic mass is 16.5. The number of amides is 2. The lowest BCUT2D eigenvalue weighted by atomic mass is 10.2. The summed E-state index contributed by atoms with van der Waals surface area (Å²) in [5.74, 6) is 0.840. The van der Waals surface area contributed by atoms with E-state index in [-0.39, 0.29) is 11.8 Å². The highest BCUT2D eigenvalue weighted by Gasteiger charge is 2.14. The fourth-order valence-electron chi connectivity index (χ4n) is 2.40. The lowest BCUT2D eigenvalue weighted by Crippen LogP contribution is -2.44. The topological polar surface area (TPSA) is 76.7 Å². The first-order chi connectivity index (χ1) is 13.0. The maximum atomic E-state index is 12.2. The molecule has 1 atom stereocenters. The van der Waals surface area contributed by atoms with Crippen LogP contribution in [-0.2, 0) is 16.1 Å². The highest BCUT2D eigenvalue weighted by Crippen LogP contribution is 2.16. The summed E-state index contributed by atoms with van der Waals surface area (Å²) in [5.41, 5.74) is 1.73. The lowest BCUT2D eigenvalue weighted by molar-refractivity contribution is -0.126. The molecule has 0 heterocycles. The Labute approximate surface area is 159 Å². The van der Waals surface area contributed by atoms with Gasteiger partial charge < -0.3 is 20.1 Å². The Balaban J connectivity index is 1.83. The van der Waals surface area contributed by atoms with Gasteiger partial charge in [0.15, 0.2) is 0 Å². The van der Waals surface area contributed by atoms with Crippen molar-refractivity contribution in [2.24, 2.45) is 0 Å². The molecule has 0 radical (unpaired) electrons. The van der Waals surface area contributed by atoms with E-state index < -0.39 is 6.04 Å². The molecule has 6 heteroatoms. The van der Waals surface area contributed by atoms with E-state index in [0.29, 0.717) is 12.3 Å². The Bertz CT molecular complexity index is 800. The Morgan fingerprint density at radius 1 is 1.04 bits per heavy atom. The molecular weight excluding hydrogens is 344 g/mol. The molecule has 0 saturated carbocycles. The van der Waals surface area contributed by atoms with Crippen LogP contribution in [0.15, 0.2) is 54.6 Å². The van der Waals surface area contributed by atoms with Crippen molar-refractivity contribution in [2.45, 2.75) is 19.5 Å². The molecule has 27 heavy (non-hydrogen) atoms. The minimum Gasteiger partial charge on any atom is -0.497 e. The van der Waals surface area contributed by atoms with E-state index in [1.807, 2.05) is 48.5 Å². The SMILES string of the molecule is COc1ccc(/C=C/C(=O)NC(C)C(=O)NCc2ccccc2OC)cc1. The van der Waals surface area contributed by atoms with Crippen LogP contribution in [0.2, 0.25) is 0 Å². The van der Waals surface area contributed by atoms with Gasteiger partial charge in [-0.3, -0.25) is 9.59 Å². The number of benzene rings is 2. The Hall–Kier alpha value is -3.28. The van der Waals surface area contributed by atoms with Crippen LogP contribution in [-0.4, -0.2) is 32.1 Å². The third-order valence-corrected chi connectivity index (χ3v) is 3.94. The van der Waals surface area contributed by atoms with Crippen LogP contribution in [0.1, 0.15) is 18.1 Å². The number of hydrogen-bond acceptors (Lipinski definition) is 4. The molecule has 0 fully saturated rings. The minimum atomic E-state index is -0.660. The van der Waals surface area contributed by atoms with Gasteiger partial charge in [-0.05, 0) is 36.8 Å². The molecule has 6 nitrogen and oxygen atoms in total. The Kier molecular flexibility index (Phi) is 7.43. The van der Waals surface area contributed by atoms with Gasteiger partial charge in [0.25, 0.3) is 0 Å².